The van der Waals surface area contributed by atoms with Crippen molar-refractivity contribution in [3.63, 3.8) is 0 Å². The van der Waals surface area contributed by atoms with Crippen molar-refractivity contribution in [1.29, 1.82) is 0 Å². The summed E-state index contributed by atoms with van der Waals surface area (Å²) in [4.78, 5) is 13.9. The van der Waals surface area contributed by atoms with Crippen molar-refractivity contribution in [2.24, 2.45) is 5.73 Å². The molecule has 1 aromatic heterocycles. The number of hydrogen-bond donors (Lipinski definition) is 1. The van der Waals surface area contributed by atoms with E-state index in [1.807, 2.05) is 29.5 Å². The standard InChI is InChI=1S/C14H24N4O2/c1-11-8-12(2)18(16-11)10-13-9-17(6-7-20-13)14(19)4-3-5-15/h8,13H,3-7,9-10,15H2,1-2H3. The van der Waals surface area contributed by atoms with Crippen LogP contribution < -0.4 is 5.73 Å². The summed E-state index contributed by atoms with van der Waals surface area (Å²) in [6.07, 6.45) is 1.30. The third kappa shape index (κ3) is 3.80. The Labute approximate surface area is 119 Å². The second-order valence-corrected chi connectivity index (χ2v) is 5.33. The molecule has 1 aromatic rings. The fraction of sp³-hybridized carbons (Fsp3) is 0.714. The summed E-state index contributed by atoms with van der Waals surface area (Å²) >= 11 is 0. The number of nitrogens with two attached hydrogens (primary N) is 1. The smallest absolute Gasteiger partial charge is 0.222 e. The van der Waals surface area contributed by atoms with Gasteiger partial charge in [-0.25, -0.2) is 0 Å². The number of hydrogen-bond acceptors (Lipinski definition) is 4. The summed E-state index contributed by atoms with van der Waals surface area (Å²) in [5.41, 5.74) is 7.58. The molecule has 2 heterocycles. The monoisotopic (exact) mass is 280 g/mol. The maximum atomic E-state index is 12.0. The van der Waals surface area contributed by atoms with Gasteiger partial charge < -0.3 is 15.4 Å². The fourth-order valence-electron chi connectivity index (χ4n) is 2.52. The first-order valence-corrected chi connectivity index (χ1v) is 7.20. The van der Waals surface area contributed by atoms with Gasteiger partial charge in [0.05, 0.1) is 24.9 Å². The molecule has 1 atom stereocenters. The highest BCUT2D eigenvalue weighted by atomic mass is 16.5. The van der Waals surface area contributed by atoms with Gasteiger partial charge in [0.2, 0.25) is 5.91 Å². The fourth-order valence-corrected chi connectivity index (χ4v) is 2.52. The van der Waals surface area contributed by atoms with Crippen molar-refractivity contribution < 1.29 is 9.53 Å². The lowest BCUT2D eigenvalue weighted by molar-refractivity contribution is -0.139. The molecule has 6 heteroatoms. The molecule has 0 spiro atoms. The van der Waals surface area contributed by atoms with Gasteiger partial charge in [-0.15, -0.1) is 0 Å². The van der Waals surface area contributed by atoms with E-state index >= 15 is 0 Å². The SMILES string of the molecule is Cc1cc(C)n(CC2CN(C(=O)CCCN)CCO2)n1. The third-order valence-corrected chi connectivity index (χ3v) is 3.57. The van der Waals surface area contributed by atoms with Gasteiger partial charge in [0.1, 0.15) is 0 Å². The Morgan fingerprint density at radius 1 is 1.55 bits per heavy atom. The van der Waals surface area contributed by atoms with E-state index in [9.17, 15) is 4.79 Å². The molecule has 1 aliphatic rings. The van der Waals surface area contributed by atoms with E-state index in [0.717, 1.165) is 17.8 Å². The number of morpholine rings is 1. The second-order valence-electron chi connectivity index (χ2n) is 5.33. The van der Waals surface area contributed by atoms with E-state index < -0.39 is 0 Å². The molecule has 1 unspecified atom stereocenters. The van der Waals surface area contributed by atoms with Gasteiger partial charge in [-0.3, -0.25) is 9.48 Å². The van der Waals surface area contributed by atoms with Crippen LogP contribution in [0.2, 0.25) is 0 Å². The Kier molecular flexibility index (Phi) is 5.14. The van der Waals surface area contributed by atoms with E-state index in [2.05, 4.69) is 5.10 Å². The Morgan fingerprint density at radius 2 is 2.35 bits per heavy atom. The quantitative estimate of drug-likeness (QED) is 0.850. The first-order valence-electron chi connectivity index (χ1n) is 7.20. The minimum atomic E-state index is 0.0172. The van der Waals surface area contributed by atoms with Crippen LogP contribution in [0, 0.1) is 13.8 Å². The molecule has 0 radical (unpaired) electrons. The van der Waals surface area contributed by atoms with Crippen LogP contribution in [0.1, 0.15) is 24.2 Å². The van der Waals surface area contributed by atoms with E-state index in [1.54, 1.807) is 0 Å². The number of aryl methyl sites for hydroxylation is 2. The molecule has 2 rings (SSSR count). The summed E-state index contributed by atoms with van der Waals surface area (Å²) in [6, 6.07) is 2.05. The summed E-state index contributed by atoms with van der Waals surface area (Å²) < 4.78 is 7.70. The van der Waals surface area contributed by atoms with Gasteiger partial charge in [0.15, 0.2) is 0 Å². The highest BCUT2D eigenvalue weighted by Crippen LogP contribution is 2.11. The van der Waals surface area contributed by atoms with Crippen molar-refractivity contribution in [3.05, 3.63) is 17.5 Å². The Balaban J connectivity index is 1.90. The molecule has 0 aromatic carbocycles. The number of amides is 1. The van der Waals surface area contributed by atoms with Crippen molar-refractivity contribution in [3.8, 4) is 0 Å². The number of ether oxygens (including phenoxy) is 1. The zero-order chi connectivity index (χ0) is 14.5. The third-order valence-electron chi connectivity index (χ3n) is 3.57. The van der Waals surface area contributed by atoms with Crippen LogP contribution >= 0.6 is 0 Å². The Morgan fingerprint density at radius 3 is 3.00 bits per heavy atom. The molecular weight excluding hydrogens is 256 g/mol. The van der Waals surface area contributed by atoms with Gasteiger partial charge in [-0.1, -0.05) is 0 Å². The normalized spacial score (nSPS) is 19.4. The topological polar surface area (TPSA) is 73.4 Å². The van der Waals surface area contributed by atoms with Crippen molar-refractivity contribution >= 4 is 5.91 Å². The lowest BCUT2D eigenvalue weighted by atomic mass is 10.2. The summed E-state index contributed by atoms with van der Waals surface area (Å²) in [5, 5.41) is 4.44. The zero-order valence-electron chi connectivity index (χ0n) is 12.3. The number of carbonyl (C=O) groups is 1. The maximum Gasteiger partial charge on any atom is 0.222 e. The molecule has 1 aliphatic heterocycles. The Hall–Kier alpha value is -1.40. The number of nitrogens with zero attached hydrogens (tertiary/aromatic N) is 3. The van der Waals surface area contributed by atoms with Gasteiger partial charge in [-0.05, 0) is 32.9 Å². The predicted octanol–water partition coefficient (Wildman–Crippen LogP) is 0.466. The molecule has 0 bridgehead atoms. The molecular formula is C14H24N4O2. The van der Waals surface area contributed by atoms with Crippen molar-refractivity contribution in [1.82, 2.24) is 14.7 Å². The molecule has 112 valence electrons. The molecule has 1 saturated heterocycles. The van der Waals surface area contributed by atoms with Crippen LogP contribution in [-0.4, -0.2) is 52.9 Å². The van der Waals surface area contributed by atoms with Crippen LogP contribution in [0.5, 0.6) is 0 Å². The highest BCUT2D eigenvalue weighted by Gasteiger charge is 2.24. The largest absolute Gasteiger partial charge is 0.373 e. The van der Waals surface area contributed by atoms with Gasteiger partial charge >= 0.3 is 0 Å². The van der Waals surface area contributed by atoms with E-state index in [0.29, 0.717) is 39.2 Å². The summed E-state index contributed by atoms with van der Waals surface area (Å²) in [5.74, 6) is 0.178. The maximum absolute atomic E-state index is 12.0. The minimum absolute atomic E-state index is 0.0172. The van der Waals surface area contributed by atoms with Crippen molar-refractivity contribution in [2.45, 2.75) is 39.3 Å². The van der Waals surface area contributed by atoms with Crippen LogP contribution in [0.25, 0.3) is 0 Å². The molecule has 0 aliphatic carbocycles. The summed E-state index contributed by atoms with van der Waals surface area (Å²) in [6.45, 7) is 7.18. The average molecular weight is 280 g/mol. The number of aromatic nitrogens is 2. The second kappa shape index (κ2) is 6.85. The van der Waals surface area contributed by atoms with Crippen molar-refractivity contribution in [2.75, 3.05) is 26.2 Å². The van der Waals surface area contributed by atoms with Gasteiger partial charge in [0, 0.05) is 25.2 Å². The lowest BCUT2D eigenvalue weighted by Gasteiger charge is -2.33. The predicted molar refractivity (Wildman–Crippen MR) is 76.3 cm³/mol. The van der Waals surface area contributed by atoms with Crippen LogP contribution in [0.3, 0.4) is 0 Å². The molecule has 2 N–H and O–H groups in total. The molecule has 1 fully saturated rings. The van der Waals surface area contributed by atoms with E-state index in [-0.39, 0.29) is 12.0 Å². The highest BCUT2D eigenvalue weighted by molar-refractivity contribution is 5.76. The number of rotatable bonds is 5. The molecule has 1 amide bonds. The molecule has 0 saturated carbocycles. The lowest BCUT2D eigenvalue weighted by Crippen LogP contribution is -2.47. The average Bonchev–Trinajstić information content (AvgIpc) is 2.74. The number of carbonyl (C=O) groups excluding carboxylic acids is 1. The van der Waals surface area contributed by atoms with E-state index in [4.69, 9.17) is 10.5 Å². The van der Waals surface area contributed by atoms with Gasteiger partial charge in [0.25, 0.3) is 0 Å². The van der Waals surface area contributed by atoms with Crippen LogP contribution in [0.15, 0.2) is 6.07 Å². The molecule has 6 nitrogen and oxygen atoms in total. The summed E-state index contributed by atoms with van der Waals surface area (Å²) in [7, 11) is 0. The first kappa shape index (κ1) is 15.0. The molecule has 20 heavy (non-hydrogen) atoms. The Bertz CT molecular complexity index is 458. The van der Waals surface area contributed by atoms with Crippen LogP contribution in [-0.2, 0) is 16.1 Å². The van der Waals surface area contributed by atoms with E-state index in [1.165, 1.54) is 0 Å². The van der Waals surface area contributed by atoms with Gasteiger partial charge in [-0.2, -0.15) is 5.10 Å². The minimum Gasteiger partial charge on any atom is -0.373 e. The first-order chi connectivity index (χ1) is 9.60. The zero-order valence-corrected chi connectivity index (χ0v) is 12.3. The van der Waals surface area contributed by atoms with Crippen LogP contribution in [0.4, 0.5) is 0 Å².